The van der Waals surface area contributed by atoms with E-state index in [1.807, 2.05) is 12.4 Å². The van der Waals surface area contributed by atoms with Crippen molar-refractivity contribution in [1.29, 1.82) is 0 Å². The maximum atomic E-state index is 12.1. The minimum Gasteiger partial charge on any atom is -0.380 e. The van der Waals surface area contributed by atoms with Crippen LogP contribution in [0.4, 0.5) is 14.5 Å². The van der Waals surface area contributed by atoms with Crippen LogP contribution in [-0.4, -0.2) is 10.7 Å². The molecule has 0 bridgehead atoms. The average Bonchev–Trinajstić information content (AvgIpc) is 2.73. The quantitative estimate of drug-likeness (QED) is 0.826. The summed E-state index contributed by atoms with van der Waals surface area (Å²) < 4.78 is 24.3. The lowest BCUT2D eigenvalue weighted by molar-refractivity contribution is 0.252. The predicted molar refractivity (Wildman–Crippen MR) is 72.5 cm³/mol. The maximum Gasteiger partial charge on any atom is 0.288 e. The number of aryl methyl sites for hydroxylation is 1. The zero-order valence-electron chi connectivity index (χ0n) is 9.69. The smallest absolute Gasteiger partial charge is 0.288 e. The summed E-state index contributed by atoms with van der Waals surface area (Å²) in [6.45, 7) is 2.67. The van der Waals surface area contributed by atoms with Crippen molar-refractivity contribution in [3.05, 3.63) is 40.3 Å². The fourth-order valence-corrected chi connectivity index (χ4v) is 2.65. The summed E-state index contributed by atoms with van der Waals surface area (Å²) in [6, 6.07) is 7.00. The van der Waals surface area contributed by atoms with Gasteiger partial charge < -0.3 is 5.32 Å². The lowest BCUT2D eigenvalue weighted by atomic mass is 10.3. The highest BCUT2D eigenvalue weighted by Crippen LogP contribution is 2.26. The number of anilines is 1. The fourth-order valence-electron chi connectivity index (χ4n) is 1.43. The van der Waals surface area contributed by atoms with Gasteiger partial charge in [0.1, 0.15) is 0 Å². The Balaban J connectivity index is 1.92. The number of rotatable bonds is 5. The SMILES string of the molecule is Cc1ncsc1CNc1ccc(SC(F)F)cc1. The molecule has 0 fully saturated rings. The third-order valence-electron chi connectivity index (χ3n) is 2.38. The van der Waals surface area contributed by atoms with Gasteiger partial charge in [-0.1, -0.05) is 11.8 Å². The van der Waals surface area contributed by atoms with E-state index in [0.717, 1.165) is 11.4 Å². The summed E-state index contributed by atoms with van der Waals surface area (Å²) in [5.74, 6) is -2.37. The molecule has 1 N–H and O–H groups in total. The first-order valence-electron chi connectivity index (χ1n) is 5.33. The summed E-state index contributed by atoms with van der Waals surface area (Å²) in [4.78, 5) is 5.92. The molecule has 0 unspecified atom stereocenters. The highest BCUT2D eigenvalue weighted by atomic mass is 32.2. The van der Waals surface area contributed by atoms with E-state index in [9.17, 15) is 8.78 Å². The molecule has 0 radical (unpaired) electrons. The molecule has 1 aromatic heterocycles. The Kier molecular flexibility index (Phi) is 4.54. The van der Waals surface area contributed by atoms with Crippen molar-refractivity contribution in [3.8, 4) is 0 Å². The van der Waals surface area contributed by atoms with Crippen LogP contribution in [0.3, 0.4) is 0 Å². The Labute approximate surface area is 112 Å². The molecule has 1 heterocycles. The molecule has 0 aliphatic carbocycles. The number of halogens is 2. The molecule has 18 heavy (non-hydrogen) atoms. The van der Waals surface area contributed by atoms with Crippen molar-refractivity contribution >= 4 is 28.8 Å². The van der Waals surface area contributed by atoms with Crippen LogP contribution in [-0.2, 0) is 6.54 Å². The molecule has 0 spiro atoms. The van der Waals surface area contributed by atoms with Gasteiger partial charge in [0.2, 0.25) is 0 Å². The first-order valence-corrected chi connectivity index (χ1v) is 7.09. The maximum absolute atomic E-state index is 12.1. The van der Waals surface area contributed by atoms with Crippen LogP contribution >= 0.6 is 23.1 Å². The molecular weight excluding hydrogens is 274 g/mol. The van der Waals surface area contributed by atoms with Gasteiger partial charge in [0, 0.05) is 15.5 Å². The van der Waals surface area contributed by atoms with Crippen LogP contribution in [0.1, 0.15) is 10.6 Å². The molecule has 0 saturated carbocycles. The van der Waals surface area contributed by atoms with Gasteiger partial charge in [-0.25, -0.2) is 4.98 Å². The molecule has 0 atom stereocenters. The van der Waals surface area contributed by atoms with Gasteiger partial charge in [-0.3, -0.25) is 0 Å². The van der Waals surface area contributed by atoms with Crippen LogP contribution in [0.5, 0.6) is 0 Å². The predicted octanol–water partition coefficient (Wildman–Crippen LogP) is 4.38. The molecule has 1 aromatic carbocycles. The van der Waals surface area contributed by atoms with E-state index in [2.05, 4.69) is 10.3 Å². The summed E-state index contributed by atoms with van der Waals surface area (Å²) >= 11 is 2.16. The lowest BCUT2D eigenvalue weighted by Crippen LogP contribution is -1.98. The highest BCUT2D eigenvalue weighted by molar-refractivity contribution is 7.99. The van der Waals surface area contributed by atoms with Crippen molar-refractivity contribution in [2.45, 2.75) is 24.1 Å². The van der Waals surface area contributed by atoms with Crippen LogP contribution < -0.4 is 5.32 Å². The second-order valence-corrected chi connectivity index (χ2v) is 5.62. The van der Waals surface area contributed by atoms with Crippen LogP contribution in [0.2, 0.25) is 0 Å². The number of thiazole rings is 1. The molecule has 2 aromatic rings. The minimum atomic E-state index is -2.37. The van der Waals surface area contributed by atoms with Gasteiger partial charge in [0.25, 0.3) is 5.76 Å². The second-order valence-electron chi connectivity index (χ2n) is 3.62. The Bertz CT molecular complexity index is 497. The Morgan fingerprint density at radius 1 is 1.33 bits per heavy atom. The number of thioether (sulfide) groups is 1. The number of hydrogen-bond acceptors (Lipinski definition) is 4. The van der Waals surface area contributed by atoms with Gasteiger partial charge in [0.05, 0.1) is 17.7 Å². The first kappa shape index (κ1) is 13.3. The fraction of sp³-hybridized carbons (Fsp3) is 0.250. The second kappa shape index (κ2) is 6.15. The van der Waals surface area contributed by atoms with Gasteiger partial charge >= 0.3 is 0 Å². The molecule has 2 rings (SSSR count). The zero-order valence-corrected chi connectivity index (χ0v) is 11.3. The molecule has 0 aliphatic rings. The van der Waals surface area contributed by atoms with Gasteiger partial charge in [0.15, 0.2) is 0 Å². The van der Waals surface area contributed by atoms with E-state index in [1.165, 1.54) is 4.88 Å². The average molecular weight is 286 g/mol. The van der Waals surface area contributed by atoms with Crippen molar-refractivity contribution in [2.24, 2.45) is 0 Å². The number of aromatic nitrogens is 1. The van der Waals surface area contributed by atoms with Crippen LogP contribution in [0.25, 0.3) is 0 Å². The topological polar surface area (TPSA) is 24.9 Å². The Morgan fingerprint density at radius 2 is 2.06 bits per heavy atom. The number of benzene rings is 1. The summed E-state index contributed by atoms with van der Waals surface area (Å²) in [6.07, 6.45) is 0. The standard InChI is InChI=1S/C12H12F2N2S2/c1-8-11(17-7-16-8)6-15-9-2-4-10(5-3-9)18-12(13)14/h2-5,7,12,15H,6H2,1H3. The summed E-state index contributed by atoms with van der Waals surface area (Å²) in [5, 5.41) is 3.24. The van der Waals surface area contributed by atoms with Crippen molar-refractivity contribution in [1.82, 2.24) is 4.98 Å². The highest BCUT2D eigenvalue weighted by Gasteiger charge is 2.05. The Hall–Kier alpha value is -1.14. The molecular formula is C12H12F2N2S2. The monoisotopic (exact) mass is 286 g/mol. The Morgan fingerprint density at radius 3 is 2.61 bits per heavy atom. The van der Waals surface area contributed by atoms with E-state index < -0.39 is 5.76 Å². The molecule has 6 heteroatoms. The van der Waals surface area contributed by atoms with Crippen molar-refractivity contribution < 1.29 is 8.78 Å². The number of hydrogen-bond donors (Lipinski definition) is 1. The van der Waals surface area contributed by atoms with E-state index >= 15 is 0 Å². The largest absolute Gasteiger partial charge is 0.380 e. The van der Waals surface area contributed by atoms with E-state index in [1.54, 1.807) is 35.6 Å². The zero-order chi connectivity index (χ0) is 13.0. The number of alkyl halides is 2. The first-order chi connectivity index (χ1) is 8.65. The molecule has 0 aliphatic heterocycles. The lowest BCUT2D eigenvalue weighted by Gasteiger charge is -2.06. The summed E-state index contributed by atoms with van der Waals surface area (Å²) in [7, 11) is 0. The van der Waals surface area contributed by atoms with Crippen LogP contribution in [0, 0.1) is 6.92 Å². The molecule has 0 amide bonds. The number of nitrogens with zero attached hydrogens (tertiary/aromatic N) is 1. The van der Waals surface area contributed by atoms with Crippen molar-refractivity contribution in [2.75, 3.05) is 5.32 Å². The van der Waals surface area contributed by atoms with Crippen molar-refractivity contribution in [3.63, 3.8) is 0 Å². The summed E-state index contributed by atoms with van der Waals surface area (Å²) in [5.41, 5.74) is 3.76. The van der Waals surface area contributed by atoms with Gasteiger partial charge in [-0.05, 0) is 31.2 Å². The van der Waals surface area contributed by atoms with Gasteiger partial charge in [-0.2, -0.15) is 8.78 Å². The van der Waals surface area contributed by atoms with Crippen LogP contribution in [0.15, 0.2) is 34.7 Å². The van der Waals surface area contributed by atoms with E-state index in [0.29, 0.717) is 23.2 Å². The normalized spacial score (nSPS) is 10.9. The third kappa shape index (κ3) is 3.68. The third-order valence-corrected chi connectivity index (χ3v) is 4.04. The number of nitrogens with one attached hydrogen (secondary N) is 1. The van der Waals surface area contributed by atoms with E-state index in [4.69, 9.17) is 0 Å². The molecule has 2 nitrogen and oxygen atoms in total. The molecule has 0 saturated heterocycles. The van der Waals surface area contributed by atoms with E-state index in [-0.39, 0.29) is 0 Å². The molecule has 96 valence electrons. The van der Waals surface area contributed by atoms with Gasteiger partial charge in [-0.15, -0.1) is 11.3 Å². The minimum absolute atomic E-state index is 0.556.